The van der Waals surface area contributed by atoms with Crippen LogP contribution in [0.1, 0.15) is 51.2 Å². The van der Waals surface area contributed by atoms with Crippen LogP contribution in [0.3, 0.4) is 0 Å². The summed E-state index contributed by atoms with van der Waals surface area (Å²) >= 11 is 6.90. The highest BCUT2D eigenvalue weighted by Crippen LogP contribution is 2.26. The molecule has 0 aliphatic carbocycles. The topological polar surface area (TPSA) is 72.0 Å². The molecule has 1 unspecified atom stereocenters. The zero-order chi connectivity index (χ0) is 19.4. The van der Waals surface area contributed by atoms with E-state index >= 15 is 0 Å². The Morgan fingerprint density at radius 1 is 1.19 bits per heavy atom. The molecule has 0 radical (unpaired) electrons. The first-order chi connectivity index (χ1) is 12.9. The average Bonchev–Trinajstić information content (AvgIpc) is 3.10. The molecule has 1 N–H and O–H groups in total. The van der Waals surface area contributed by atoms with Crippen LogP contribution in [0.5, 0.6) is 0 Å². The molecule has 1 aromatic heterocycles. The lowest BCUT2D eigenvalue weighted by atomic mass is 9.94. The highest BCUT2D eigenvalue weighted by molar-refractivity contribution is 7.10. The average molecular weight is 400 g/mol. The Bertz CT molecular complexity index is 969. The number of Topliss-reactive ketones (excluding diaryl/α,β-unsaturated/α-hetero) is 1. The molecule has 1 heterocycles. The first-order valence-corrected chi connectivity index (χ1v) is 9.58. The van der Waals surface area contributed by atoms with E-state index in [4.69, 9.17) is 11.6 Å². The predicted molar refractivity (Wildman–Crippen MR) is 108 cm³/mol. The van der Waals surface area contributed by atoms with E-state index in [2.05, 4.69) is 14.9 Å². The van der Waals surface area contributed by atoms with Gasteiger partial charge < -0.3 is 5.32 Å². The van der Waals surface area contributed by atoms with Crippen molar-refractivity contribution in [2.75, 3.05) is 5.32 Å². The molecule has 138 valence electrons. The van der Waals surface area contributed by atoms with Crippen molar-refractivity contribution < 1.29 is 9.59 Å². The van der Waals surface area contributed by atoms with Gasteiger partial charge in [-0.25, -0.2) is 0 Å². The Labute approximate surface area is 166 Å². The molecule has 0 saturated heterocycles. The van der Waals surface area contributed by atoms with Gasteiger partial charge in [0.1, 0.15) is 5.00 Å². The van der Waals surface area contributed by atoms with Crippen molar-refractivity contribution in [2.24, 2.45) is 0 Å². The molecule has 0 fully saturated rings. The molecule has 0 bridgehead atoms. The number of aryl methyl sites for hydroxylation is 1. The van der Waals surface area contributed by atoms with Gasteiger partial charge in [0.05, 0.1) is 0 Å². The van der Waals surface area contributed by atoms with Gasteiger partial charge in [0.25, 0.3) is 5.91 Å². The molecular weight excluding hydrogens is 382 g/mol. The Morgan fingerprint density at radius 3 is 2.63 bits per heavy atom. The van der Waals surface area contributed by atoms with E-state index in [1.54, 1.807) is 24.3 Å². The predicted octanol–water partition coefficient (Wildman–Crippen LogP) is 5.13. The quantitative estimate of drug-likeness (QED) is 0.583. The number of ketones is 1. The summed E-state index contributed by atoms with van der Waals surface area (Å²) in [6.45, 7) is 4.02. The number of amides is 1. The van der Waals surface area contributed by atoms with Crippen LogP contribution in [-0.2, 0) is 0 Å². The summed E-state index contributed by atoms with van der Waals surface area (Å²) in [5.74, 6) is -0.473. The fraction of sp³-hybridized carbons (Fsp3) is 0.200. The van der Waals surface area contributed by atoms with E-state index < -0.39 is 0 Å². The van der Waals surface area contributed by atoms with Crippen LogP contribution in [0.2, 0.25) is 5.02 Å². The summed E-state index contributed by atoms with van der Waals surface area (Å²) in [7, 11) is 0. The van der Waals surface area contributed by atoms with Crippen LogP contribution >= 0.6 is 23.1 Å². The molecule has 0 aliphatic heterocycles. The first-order valence-electron chi connectivity index (χ1n) is 8.43. The van der Waals surface area contributed by atoms with Crippen LogP contribution in [0, 0.1) is 6.92 Å². The molecule has 5 nitrogen and oxygen atoms in total. The molecule has 1 amide bonds. The zero-order valence-corrected chi connectivity index (χ0v) is 16.5. The number of nitrogens with one attached hydrogen (secondary N) is 1. The van der Waals surface area contributed by atoms with Gasteiger partial charge >= 0.3 is 0 Å². The molecule has 0 spiro atoms. The van der Waals surface area contributed by atoms with E-state index in [1.165, 1.54) is 5.56 Å². The van der Waals surface area contributed by atoms with Crippen molar-refractivity contribution in [2.45, 2.75) is 26.2 Å². The second-order valence-electron chi connectivity index (χ2n) is 6.35. The molecule has 2 aromatic carbocycles. The molecular formula is C20H18ClN3O2S. The SMILES string of the molecule is Cc1ccc(C(C)CC(=O)c2nnsc2NC(=O)c2cccc(Cl)c2)cc1. The fourth-order valence-electron chi connectivity index (χ4n) is 2.65. The summed E-state index contributed by atoms with van der Waals surface area (Å²) in [5, 5.41) is 7.44. The number of benzene rings is 2. The second-order valence-corrected chi connectivity index (χ2v) is 7.54. The van der Waals surface area contributed by atoms with E-state index in [-0.39, 0.29) is 29.7 Å². The Hall–Kier alpha value is -2.57. The van der Waals surface area contributed by atoms with Crippen LogP contribution in [0.15, 0.2) is 48.5 Å². The molecule has 0 aliphatic rings. The minimum absolute atomic E-state index is 0.0382. The molecule has 1 atom stereocenters. The van der Waals surface area contributed by atoms with Crippen molar-refractivity contribution in [3.63, 3.8) is 0 Å². The summed E-state index contributed by atoms with van der Waals surface area (Å²) in [4.78, 5) is 25.1. The highest BCUT2D eigenvalue weighted by atomic mass is 35.5. The summed E-state index contributed by atoms with van der Waals surface area (Å²) in [6.07, 6.45) is 0.286. The van der Waals surface area contributed by atoms with Gasteiger partial charge in [-0.15, -0.1) is 5.10 Å². The van der Waals surface area contributed by atoms with Gasteiger partial charge in [-0.05, 0) is 36.6 Å². The number of aromatic nitrogens is 2. The largest absolute Gasteiger partial charge is 0.310 e. The number of hydrogen-bond acceptors (Lipinski definition) is 5. The lowest BCUT2D eigenvalue weighted by molar-refractivity contribution is 0.0971. The minimum atomic E-state index is -0.357. The third-order valence-corrected chi connectivity index (χ3v) is 5.08. The molecule has 27 heavy (non-hydrogen) atoms. The number of nitrogens with zero attached hydrogens (tertiary/aromatic N) is 2. The third-order valence-electron chi connectivity index (χ3n) is 4.20. The molecule has 3 rings (SSSR count). The standard InChI is InChI=1S/C20H18ClN3O2S/c1-12-6-8-14(9-7-12)13(2)10-17(25)18-20(27-24-23-18)22-19(26)15-4-3-5-16(21)11-15/h3-9,11,13H,10H2,1-2H3,(H,22,26). The summed E-state index contributed by atoms with van der Waals surface area (Å²) < 4.78 is 3.83. The number of carbonyl (C=O) groups excluding carboxylic acids is 2. The maximum Gasteiger partial charge on any atom is 0.256 e. The zero-order valence-electron chi connectivity index (χ0n) is 14.9. The summed E-state index contributed by atoms with van der Waals surface area (Å²) in [5.41, 5.74) is 2.85. The van der Waals surface area contributed by atoms with Gasteiger partial charge in [0.15, 0.2) is 11.5 Å². The van der Waals surface area contributed by atoms with Crippen LogP contribution < -0.4 is 5.32 Å². The Morgan fingerprint density at radius 2 is 1.93 bits per heavy atom. The van der Waals surface area contributed by atoms with E-state index in [0.29, 0.717) is 15.6 Å². The van der Waals surface area contributed by atoms with Crippen molar-refractivity contribution in [1.29, 1.82) is 0 Å². The highest BCUT2D eigenvalue weighted by Gasteiger charge is 2.21. The monoisotopic (exact) mass is 399 g/mol. The van der Waals surface area contributed by atoms with E-state index in [9.17, 15) is 9.59 Å². The van der Waals surface area contributed by atoms with Gasteiger partial charge in [0, 0.05) is 28.5 Å². The van der Waals surface area contributed by atoms with Crippen molar-refractivity contribution in [1.82, 2.24) is 9.59 Å². The van der Waals surface area contributed by atoms with Gasteiger partial charge in [-0.2, -0.15) is 0 Å². The molecule has 3 aromatic rings. The van der Waals surface area contributed by atoms with E-state index in [0.717, 1.165) is 17.1 Å². The Balaban J connectivity index is 1.71. The van der Waals surface area contributed by atoms with Crippen LogP contribution in [0.25, 0.3) is 0 Å². The third kappa shape index (κ3) is 4.78. The van der Waals surface area contributed by atoms with Gasteiger partial charge in [0.2, 0.25) is 0 Å². The number of carbonyl (C=O) groups is 2. The smallest absolute Gasteiger partial charge is 0.256 e. The molecule has 7 heteroatoms. The minimum Gasteiger partial charge on any atom is -0.310 e. The lowest BCUT2D eigenvalue weighted by Gasteiger charge is -2.11. The maximum absolute atomic E-state index is 12.7. The summed E-state index contributed by atoms with van der Waals surface area (Å²) in [6, 6.07) is 14.7. The number of hydrogen-bond donors (Lipinski definition) is 1. The van der Waals surface area contributed by atoms with Crippen molar-refractivity contribution >= 4 is 39.8 Å². The first kappa shape index (κ1) is 19.2. The number of rotatable bonds is 6. The van der Waals surface area contributed by atoms with Crippen molar-refractivity contribution in [3.8, 4) is 0 Å². The normalized spacial score (nSPS) is 11.8. The number of halogens is 1. The van der Waals surface area contributed by atoms with Crippen LogP contribution in [0.4, 0.5) is 5.00 Å². The van der Waals surface area contributed by atoms with Crippen molar-refractivity contribution in [3.05, 3.63) is 75.9 Å². The lowest BCUT2D eigenvalue weighted by Crippen LogP contribution is -2.14. The maximum atomic E-state index is 12.7. The van der Waals surface area contributed by atoms with E-state index in [1.807, 2.05) is 38.1 Å². The number of anilines is 1. The molecule has 0 saturated carbocycles. The van der Waals surface area contributed by atoms with Gasteiger partial charge in [-0.1, -0.05) is 58.9 Å². The fourth-order valence-corrected chi connectivity index (χ4v) is 3.42. The van der Waals surface area contributed by atoms with Crippen LogP contribution in [-0.4, -0.2) is 21.3 Å². The second kappa shape index (κ2) is 8.41. The Kier molecular flexibility index (Phi) is 5.98. The van der Waals surface area contributed by atoms with Gasteiger partial charge in [-0.3, -0.25) is 9.59 Å².